The van der Waals surface area contributed by atoms with Crippen molar-refractivity contribution in [2.75, 3.05) is 0 Å². The lowest BCUT2D eigenvalue weighted by Gasteiger charge is -2.12. The smallest absolute Gasteiger partial charge is 0.0198 e. The molecule has 0 radical (unpaired) electrons. The summed E-state index contributed by atoms with van der Waals surface area (Å²) >= 11 is 0. The molecule has 0 nitrogen and oxygen atoms in total. The minimum Gasteiger partial charge on any atom is -0.0735 e. The van der Waals surface area contributed by atoms with E-state index in [1.54, 1.807) is 0 Å². The van der Waals surface area contributed by atoms with E-state index < -0.39 is 0 Å². The molecular formula is C12H14. The van der Waals surface area contributed by atoms with E-state index >= 15 is 0 Å². The van der Waals surface area contributed by atoms with Crippen molar-refractivity contribution in [2.45, 2.75) is 20.3 Å². The topological polar surface area (TPSA) is 0 Å². The van der Waals surface area contributed by atoms with Gasteiger partial charge in [0.05, 0.1) is 0 Å². The van der Waals surface area contributed by atoms with Crippen LogP contribution in [0.5, 0.6) is 0 Å². The Morgan fingerprint density at radius 2 is 2.00 bits per heavy atom. The summed E-state index contributed by atoms with van der Waals surface area (Å²) in [6.45, 7) is 4.52. The number of fused-ring (bicyclic) bond motifs is 1. The Morgan fingerprint density at radius 1 is 1.25 bits per heavy atom. The molecule has 0 spiro atoms. The molecular weight excluding hydrogens is 144 g/mol. The van der Waals surface area contributed by atoms with Gasteiger partial charge in [-0.1, -0.05) is 42.8 Å². The van der Waals surface area contributed by atoms with Crippen LogP contribution in [-0.4, -0.2) is 0 Å². The minimum absolute atomic E-state index is 0.708. The highest BCUT2D eigenvalue weighted by Gasteiger charge is 2.05. The Morgan fingerprint density at radius 3 is 2.83 bits per heavy atom. The zero-order chi connectivity index (χ0) is 8.55. The molecule has 1 aliphatic carbocycles. The zero-order valence-electron chi connectivity index (χ0n) is 7.67. The summed E-state index contributed by atoms with van der Waals surface area (Å²) < 4.78 is 0. The lowest BCUT2D eigenvalue weighted by atomic mass is 9.93. The van der Waals surface area contributed by atoms with Gasteiger partial charge in [-0.25, -0.2) is 0 Å². The molecule has 0 saturated heterocycles. The summed E-state index contributed by atoms with van der Waals surface area (Å²) in [7, 11) is 0. The van der Waals surface area contributed by atoms with Crippen molar-refractivity contribution in [3.8, 4) is 0 Å². The Hall–Kier alpha value is -1.04. The highest BCUT2D eigenvalue weighted by Crippen LogP contribution is 2.13. The van der Waals surface area contributed by atoms with E-state index in [1.165, 1.54) is 22.4 Å². The molecule has 0 saturated carbocycles. The van der Waals surface area contributed by atoms with Crippen molar-refractivity contribution in [2.24, 2.45) is 5.92 Å². The fourth-order valence-electron chi connectivity index (χ4n) is 1.99. The van der Waals surface area contributed by atoms with E-state index in [2.05, 4.69) is 44.2 Å². The molecule has 1 aromatic rings. The van der Waals surface area contributed by atoms with Crippen LogP contribution < -0.4 is 10.4 Å². The van der Waals surface area contributed by atoms with Crippen molar-refractivity contribution in [3.63, 3.8) is 0 Å². The lowest BCUT2D eigenvalue weighted by molar-refractivity contribution is 0.781. The summed E-state index contributed by atoms with van der Waals surface area (Å²) in [5.41, 5.74) is 1.53. The fourth-order valence-corrected chi connectivity index (χ4v) is 1.99. The highest BCUT2D eigenvalue weighted by molar-refractivity contribution is 5.50. The minimum atomic E-state index is 0.708. The second-order valence-electron chi connectivity index (χ2n) is 3.72. The molecule has 0 heterocycles. The quantitative estimate of drug-likeness (QED) is 0.539. The van der Waals surface area contributed by atoms with E-state index in [1.807, 2.05) is 0 Å². The van der Waals surface area contributed by atoms with Gasteiger partial charge in [-0.15, -0.1) is 0 Å². The summed E-state index contributed by atoms with van der Waals surface area (Å²) in [6.07, 6.45) is 3.58. The first-order chi connectivity index (χ1) is 5.77. The molecule has 0 aliphatic heterocycles. The summed E-state index contributed by atoms with van der Waals surface area (Å²) in [5, 5.41) is 2.85. The fraction of sp³-hybridized carbons (Fsp3) is 0.333. The van der Waals surface area contributed by atoms with Gasteiger partial charge in [0.2, 0.25) is 0 Å². The summed E-state index contributed by atoms with van der Waals surface area (Å²) in [5.74, 6) is 0.708. The van der Waals surface area contributed by atoms with Gasteiger partial charge in [-0.3, -0.25) is 0 Å². The average Bonchev–Trinajstić information content (AvgIpc) is 2.04. The Balaban J connectivity index is 2.81. The third-order valence-corrected chi connectivity index (χ3v) is 2.51. The van der Waals surface area contributed by atoms with Crippen molar-refractivity contribution < 1.29 is 0 Å². The van der Waals surface area contributed by atoms with Crippen LogP contribution in [0.1, 0.15) is 20.3 Å². The van der Waals surface area contributed by atoms with Crippen molar-refractivity contribution in [1.82, 2.24) is 0 Å². The van der Waals surface area contributed by atoms with Crippen LogP contribution in [0.15, 0.2) is 24.3 Å². The zero-order valence-corrected chi connectivity index (χ0v) is 7.67. The van der Waals surface area contributed by atoms with E-state index in [4.69, 9.17) is 0 Å². The molecule has 1 aliphatic rings. The number of benzene rings is 1. The van der Waals surface area contributed by atoms with Crippen molar-refractivity contribution >= 4 is 11.6 Å². The van der Waals surface area contributed by atoms with E-state index in [0.29, 0.717) is 5.92 Å². The molecule has 0 heteroatoms. The standard InChI is InChI=1S/C12H14/c1-9-7-10(2)12-6-4-3-5-11(12)8-9/h3-6,8-9H,7H2,1-2H3. The van der Waals surface area contributed by atoms with Crippen molar-refractivity contribution in [1.29, 1.82) is 0 Å². The van der Waals surface area contributed by atoms with Crippen LogP contribution in [0.3, 0.4) is 0 Å². The predicted octanol–water partition coefficient (Wildman–Crippen LogP) is 1.68. The van der Waals surface area contributed by atoms with Gasteiger partial charge in [-0.05, 0) is 29.7 Å². The first kappa shape index (κ1) is 7.60. The molecule has 0 amide bonds. The number of hydrogen-bond acceptors (Lipinski definition) is 0. The first-order valence-electron chi connectivity index (χ1n) is 4.54. The maximum absolute atomic E-state index is 2.36. The van der Waals surface area contributed by atoms with Crippen LogP contribution in [0.25, 0.3) is 11.6 Å². The van der Waals surface area contributed by atoms with Crippen LogP contribution in [0.4, 0.5) is 0 Å². The molecule has 1 atom stereocenters. The second kappa shape index (κ2) is 2.78. The van der Waals surface area contributed by atoms with Gasteiger partial charge >= 0.3 is 0 Å². The Kier molecular flexibility index (Phi) is 1.76. The van der Waals surface area contributed by atoms with Crippen molar-refractivity contribution in [3.05, 3.63) is 34.7 Å². The maximum atomic E-state index is 2.36. The van der Waals surface area contributed by atoms with Gasteiger partial charge in [0, 0.05) is 0 Å². The third kappa shape index (κ3) is 1.18. The van der Waals surface area contributed by atoms with Crippen LogP contribution in [0.2, 0.25) is 0 Å². The van der Waals surface area contributed by atoms with Gasteiger partial charge in [0.25, 0.3) is 0 Å². The maximum Gasteiger partial charge on any atom is -0.0198 e. The average molecular weight is 158 g/mol. The second-order valence-corrected chi connectivity index (χ2v) is 3.72. The molecule has 62 valence electrons. The number of rotatable bonds is 0. The molecule has 0 fully saturated rings. The van der Waals surface area contributed by atoms with Gasteiger partial charge in [-0.2, -0.15) is 0 Å². The van der Waals surface area contributed by atoms with Crippen LogP contribution in [-0.2, 0) is 0 Å². The molecule has 0 bridgehead atoms. The Labute approximate surface area is 73.2 Å². The van der Waals surface area contributed by atoms with Gasteiger partial charge in [0.15, 0.2) is 0 Å². The van der Waals surface area contributed by atoms with Crippen LogP contribution >= 0.6 is 0 Å². The molecule has 0 aromatic heterocycles. The summed E-state index contributed by atoms with van der Waals surface area (Å²) in [6, 6.07) is 8.65. The molecule has 1 unspecified atom stereocenters. The first-order valence-corrected chi connectivity index (χ1v) is 4.54. The van der Waals surface area contributed by atoms with E-state index in [9.17, 15) is 0 Å². The molecule has 2 rings (SSSR count). The normalized spacial score (nSPS) is 21.5. The SMILES string of the molecule is CC1=c2ccccc2=CC(C)C1. The highest BCUT2D eigenvalue weighted by atomic mass is 14.1. The Bertz CT molecular complexity index is 398. The van der Waals surface area contributed by atoms with Gasteiger partial charge in [0.1, 0.15) is 0 Å². The largest absolute Gasteiger partial charge is 0.0735 e. The lowest BCUT2D eigenvalue weighted by Crippen LogP contribution is -2.30. The molecule has 0 N–H and O–H groups in total. The molecule has 12 heavy (non-hydrogen) atoms. The third-order valence-electron chi connectivity index (χ3n) is 2.51. The number of hydrogen-bond donors (Lipinski definition) is 0. The van der Waals surface area contributed by atoms with E-state index in [-0.39, 0.29) is 0 Å². The van der Waals surface area contributed by atoms with E-state index in [0.717, 1.165) is 0 Å². The monoisotopic (exact) mass is 158 g/mol. The van der Waals surface area contributed by atoms with Gasteiger partial charge < -0.3 is 0 Å². The molecule has 1 aromatic carbocycles. The summed E-state index contributed by atoms with van der Waals surface area (Å²) in [4.78, 5) is 0. The predicted molar refractivity (Wildman–Crippen MR) is 53.0 cm³/mol. The van der Waals surface area contributed by atoms with Crippen LogP contribution in [0, 0.1) is 5.92 Å².